The Hall–Kier alpha value is -1.67. The lowest BCUT2D eigenvalue weighted by atomic mass is 10.1. The second kappa shape index (κ2) is 5.94. The zero-order valence-electron chi connectivity index (χ0n) is 7.80. The number of hydrogen-bond donors (Lipinski definition) is 1. The van der Waals surface area contributed by atoms with E-state index in [2.05, 4.69) is 22.6 Å². The highest BCUT2D eigenvalue weighted by Crippen LogP contribution is 2.20. The van der Waals surface area contributed by atoms with Crippen molar-refractivity contribution in [1.82, 2.24) is 0 Å². The molecular weight excluding hydrogens is 212 g/mol. The molecule has 0 N–H and O–H groups in total. The minimum Gasteiger partial charge on any atom is -0.211 e. The summed E-state index contributed by atoms with van der Waals surface area (Å²) in [5.74, 6) is 0. The van der Waals surface area contributed by atoms with Gasteiger partial charge in [0.05, 0.1) is 13.1 Å². The second-order valence-electron chi connectivity index (χ2n) is 2.73. The molecule has 0 unspecified atom stereocenters. The maximum Gasteiger partial charge on any atom is 0.235 e. The number of carbonyl (C=O) groups excluding carboxylic acids is 2. The molecule has 0 radical (unpaired) electrons. The quantitative estimate of drug-likeness (QED) is 0.476. The molecule has 0 aliphatic heterocycles. The van der Waals surface area contributed by atoms with Gasteiger partial charge in [0.25, 0.3) is 0 Å². The van der Waals surface area contributed by atoms with Crippen LogP contribution in [0.3, 0.4) is 0 Å². The van der Waals surface area contributed by atoms with Gasteiger partial charge in [0.2, 0.25) is 12.2 Å². The van der Waals surface area contributed by atoms with Gasteiger partial charge in [0, 0.05) is 4.90 Å². The highest BCUT2D eigenvalue weighted by Gasteiger charge is 2.04. The summed E-state index contributed by atoms with van der Waals surface area (Å²) < 4.78 is 0. The van der Waals surface area contributed by atoms with Crippen LogP contribution in [0.2, 0.25) is 0 Å². The van der Waals surface area contributed by atoms with Crippen LogP contribution in [-0.4, -0.2) is 12.2 Å². The largest absolute Gasteiger partial charge is 0.235 e. The van der Waals surface area contributed by atoms with Gasteiger partial charge in [-0.2, -0.15) is 0 Å². The highest BCUT2D eigenvalue weighted by molar-refractivity contribution is 7.80. The summed E-state index contributed by atoms with van der Waals surface area (Å²) >= 11 is 4.23. The van der Waals surface area contributed by atoms with E-state index < -0.39 is 0 Å². The van der Waals surface area contributed by atoms with Crippen molar-refractivity contribution >= 4 is 24.8 Å². The average Bonchev–Trinajstić information content (AvgIpc) is 2.25. The molecule has 1 aromatic carbocycles. The summed E-state index contributed by atoms with van der Waals surface area (Å²) in [6.07, 6.45) is 2.92. The molecule has 4 nitrogen and oxygen atoms in total. The molecule has 76 valence electrons. The van der Waals surface area contributed by atoms with Crippen LogP contribution in [0, 0.1) is 0 Å². The van der Waals surface area contributed by atoms with Crippen LogP contribution in [0.15, 0.2) is 33.1 Å². The smallest absolute Gasteiger partial charge is 0.211 e. The van der Waals surface area contributed by atoms with Gasteiger partial charge >= 0.3 is 0 Å². The third-order valence-corrected chi connectivity index (χ3v) is 2.28. The molecular formula is C10H8N2O2S. The molecule has 1 rings (SSSR count). The number of benzene rings is 1. The molecule has 0 aliphatic carbocycles. The minimum absolute atomic E-state index is 0.201. The van der Waals surface area contributed by atoms with E-state index in [1.165, 1.54) is 12.2 Å². The Balaban J connectivity index is 3.06. The molecule has 0 aliphatic rings. The normalized spacial score (nSPS) is 8.87. The molecule has 0 saturated carbocycles. The molecule has 0 aromatic heterocycles. The second-order valence-corrected chi connectivity index (χ2v) is 3.21. The molecule has 15 heavy (non-hydrogen) atoms. The molecule has 0 bridgehead atoms. The number of rotatable bonds is 4. The van der Waals surface area contributed by atoms with Gasteiger partial charge in [-0.05, 0) is 17.2 Å². The van der Waals surface area contributed by atoms with E-state index in [-0.39, 0.29) is 13.1 Å². The molecule has 0 amide bonds. The fraction of sp³-hybridized carbons (Fsp3) is 0.200. The lowest BCUT2D eigenvalue weighted by Crippen LogP contribution is -1.93. The Labute approximate surface area is 92.2 Å². The Bertz CT molecular complexity index is 447. The molecule has 0 heterocycles. The first-order chi connectivity index (χ1) is 7.29. The first-order valence-corrected chi connectivity index (χ1v) is 4.61. The van der Waals surface area contributed by atoms with Crippen molar-refractivity contribution in [2.24, 2.45) is 9.98 Å². The topological polar surface area (TPSA) is 58.9 Å². The lowest BCUT2D eigenvalue weighted by Gasteiger charge is -2.06. The summed E-state index contributed by atoms with van der Waals surface area (Å²) in [5.41, 5.74) is 1.59. The van der Waals surface area contributed by atoms with E-state index in [1.807, 2.05) is 0 Å². The van der Waals surface area contributed by atoms with Crippen molar-refractivity contribution < 1.29 is 9.59 Å². The fourth-order valence-corrected chi connectivity index (χ4v) is 1.48. The van der Waals surface area contributed by atoms with Gasteiger partial charge in [0.1, 0.15) is 0 Å². The summed E-state index contributed by atoms with van der Waals surface area (Å²) in [7, 11) is 0. The number of nitrogens with zero attached hydrogens (tertiary/aromatic N) is 2. The van der Waals surface area contributed by atoms with Crippen molar-refractivity contribution in [1.29, 1.82) is 0 Å². The van der Waals surface area contributed by atoms with Gasteiger partial charge < -0.3 is 0 Å². The number of hydrogen-bond acceptors (Lipinski definition) is 5. The number of thiol groups is 1. The van der Waals surface area contributed by atoms with Gasteiger partial charge in [-0.3, -0.25) is 0 Å². The minimum atomic E-state index is 0.201. The van der Waals surface area contributed by atoms with Crippen LogP contribution in [0.4, 0.5) is 0 Å². The number of aliphatic imine (C=N–C) groups is 2. The Morgan fingerprint density at radius 2 is 1.80 bits per heavy atom. The van der Waals surface area contributed by atoms with E-state index in [0.29, 0.717) is 4.90 Å². The lowest BCUT2D eigenvalue weighted by molar-refractivity contribution is 0.561. The zero-order valence-corrected chi connectivity index (χ0v) is 8.70. The van der Waals surface area contributed by atoms with E-state index in [9.17, 15) is 9.59 Å². The standard InChI is InChI=1S/C10H8N2O2S/c13-6-11-4-8-2-1-3-10(15)9(8)5-12-7-14/h1-3,15H,4-5H2. The van der Waals surface area contributed by atoms with Crippen molar-refractivity contribution in [3.8, 4) is 0 Å². The zero-order chi connectivity index (χ0) is 11.1. The number of isocyanates is 2. The molecule has 0 spiro atoms. The van der Waals surface area contributed by atoms with Crippen LogP contribution in [0.1, 0.15) is 11.1 Å². The third-order valence-electron chi connectivity index (χ3n) is 1.86. The van der Waals surface area contributed by atoms with Crippen LogP contribution >= 0.6 is 12.6 Å². The average molecular weight is 220 g/mol. The van der Waals surface area contributed by atoms with Gasteiger partial charge in [-0.25, -0.2) is 19.6 Å². The van der Waals surface area contributed by atoms with Crippen molar-refractivity contribution in [3.63, 3.8) is 0 Å². The van der Waals surface area contributed by atoms with Crippen molar-refractivity contribution in [2.75, 3.05) is 0 Å². The van der Waals surface area contributed by atoms with E-state index in [0.717, 1.165) is 11.1 Å². The Morgan fingerprint density at radius 1 is 1.13 bits per heavy atom. The highest BCUT2D eigenvalue weighted by atomic mass is 32.1. The molecule has 5 heteroatoms. The molecule has 0 fully saturated rings. The van der Waals surface area contributed by atoms with Crippen molar-refractivity contribution in [3.05, 3.63) is 29.3 Å². The predicted molar refractivity (Wildman–Crippen MR) is 57.3 cm³/mol. The van der Waals surface area contributed by atoms with Crippen LogP contribution < -0.4 is 0 Å². The van der Waals surface area contributed by atoms with Crippen LogP contribution in [0.5, 0.6) is 0 Å². The fourth-order valence-electron chi connectivity index (χ4n) is 1.18. The Morgan fingerprint density at radius 3 is 2.47 bits per heavy atom. The SMILES string of the molecule is O=C=NCc1cccc(S)c1CN=C=O. The summed E-state index contributed by atoms with van der Waals surface area (Å²) in [6, 6.07) is 5.38. The van der Waals surface area contributed by atoms with E-state index in [1.54, 1.807) is 18.2 Å². The van der Waals surface area contributed by atoms with Gasteiger partial charge in [0.15, 0.2) is 0 Å². The summed E-state index contributed by atoms with van der Waals surface area (Å²) in [4.78, 5) is 27.7. The van der Waals surface area contributed by atoms with Crippen molar-refractivity contribution in [2.45, 2.75) is 18.0 Å². The third kappa shape index (κ3) is 3.18. The van der Waals surface area contributed by atoms with Crippen LogP contribution in [-0.2, 0) is 22.7 Å². The maximum atomic E-state index is 10.0. The van der Waals surface area contributed by atoms with Gasteiger partial charge in [-0.1, -0.05) is 12.1 Å². The molecule has 0 atom stereocenters. The van der Waals surface area contributed by atoms with E-state index in [4.69, 9.17) is 0 Å². The summed E-state index contributed by atoms with van der Waals surface area (Å²) in [5, 5.41) is 0. The predicted octanol–water partition coefficient (Wildman–Crippen LogP) is 1.65. The van der Waals surface area contributed by atoms with E-state index >= 15 is 0 Å². The maximum absolute atomic E-state index is 10.0. The van der Waals surface area contributed by atoms with Gasteiger partial charge in [-0.15, -0.1) is 12.6 Å². The van der Waals surface area contributed by atoms with Crippen LogP contribution in [0.25, 0.3) is 0 Å². The first kappa shape index (κ1) is 11.4. The molecule has 0 saturated heterocycles. The monoisotopic (exact) mass is 220 g/mol. The first-order valence-electron chi connectivity index (χ1n) is 4.16. The summed E-state index contributed by atoms with van der Waals surface area (Å²) in [6.45, 7) is 0.425. The molecule has 1 aromatic rings. The Kier molecular flexibility index (Phi) is 4.51.